The van der Waals surface area contributed by atoms with E-state index < -0.39 is 0 Å². The predicted octanol–water partition coefficient (Wildman–Crippen LogP) is 2.06. The second-order valence-electron chi connectivity index (χ2n) is 6.71. The Bertz CT molecular complexity index is 746. The fourth-order valence-corrected chi connectivity index (χ4v) is 3.72. The van der Waals surface area contributed by atoms with Crippen LogP contribution in [0.15, 0.2) is 48.8 Å². The molecule has 2 aliphatic rings. The Morgan fingerprint density at radius 3 is 2.54 bits per heavy atom. The van der Waals surface area contributed by atoms with Crippen molar-refractivity contribution in [3.8, 4) is 0 Å². The smallest absolute Gasteiger partial charge is 0.253 e. The maximum atomic E-state index is 12.6. The highest BCUT2D eigenvalue weighted by atomic mass is 35.5. The fraction of sp³-hybridized carbons (Fsp3) is 0.368. The van der Waals surface area contributed by atoms with Gasteiger partial charge in [-0.25, -0.2) is 10.9 Å². The normalized spacial score (nSPS) is 24.0. The van der Waals surface area contributed by atoms with Gasteiger partial charge in [0.25, 0.3) is 5.91 Å². The van der Waals surface area contributed by atoms with Gasteiger partial charge >= 0.3 is 0 Å². The van der Waals surface area contributed by atoms with E-state index in [0.29, 0.717) is 10.6 Å². The van der Waals surface area contributed by atoms with Gasteiger partial charge in [0.15, 0.2) is 0 Å². The topological polar surface area (TPSA) is 60.5 Å². The van der Waals surface area contributed by atoms with Crippen LogP contribution in [0.25, 0.3) is 0 Å². The number of halogens is 1. The van der Waals surface area contributed by atoms with Crippen molar-refractivity contribution in [3.63, 3.8) is 0 Å². The van der Waals surface area contributed by atoms with Crippen molar-refractivity contribution in [1.29, 1.82) is 0 Å². The summed E-state index contributed by atoms with van der Waals surface area (Å²) in [7, 11) is 0. The van der Waals surface area contributed by atoms with Crippen LogP contribution in [-0.4, -0.2) is 53.0 Å². The van der Waals surface area contributed by atoms with Crippen LogP contribution in [0.3, 0.4) is 0 Å². The SMILES string of the molecule is O=C(c1ccc(Cl)cc1)N1CCN(C2CC(c3cccnc3)NN2)CC1. The highest BCUT2D eigenvalue weighted by Gasteiger charge is 2.32. The highest BCUT2D eigenvalue weighted by Crippen LogP contribution is 2.24. The lowest BCUT2D eigenvalue weighted by Gasteiger charge is -2.37. The minimum atomic E-state index is 0.0760. The van der Waals surface area contributed by atoms with Gasteiger partial charge in [0.1, 0.15) is 0 Å². The average Bonchev–Trinajstić information content (AvgIpc) is 3.19. The molecule has 2 atom stereocenters. The van der Waals surface area contributed by atoms with Crippen LogP contribution in [0.2, 0.25) is 5.02 Å². The molecule has 0 spiro atoms. The molecule has 26 heavy (non-hydrogen) atoms. The zero-order chi connectivity index (χ0) is 17.9. The second kappa shape index (κ2) is 7.72. The van der Waals surface area contributed by atoms with E-state index in [2.05, 4.69) is 26.8 Å². The minimum Gasteiger partial charge on any atom is -0.336 e. The van der Waals surface area contributed by atoms with Crippen LogP contribution >= 0.6 is 11.6 Å². The van der Waals surface area contributed by atoms with Crippen molar-refractivity contribution < 1.29 is 4.79 Å². The lowest BCUT2D eigenvalue weighted by molar-refractivity contribution is 0.0545. The standard InChI is InChI=1S/C19H22ClN5O/c20-16-5-3-14(4-6-16)19(26)25-10-8-24(9-11-25)18-12-17(22-23-18)15-2-1-7-21-13-15/h1-7,13,17-18,22-23H,8-12H2. The van der Waals surface area contributed by atoms with Gasteiger partial charge < -0.3 is 4.90 Å². The van der Waals surface area contributed by atoms with Gasteiger partial charge in [-0.05, 0) is 42.3 Å². The summed E-state index contributed by atoms with van der Waals surface area (Å²) >= 11 is 5.90. The van der Waals surface area contributed by atoms with E-state index in [-0.39, 0.29) is 18.1 Å². The second-order valence-corrected chi connectivity index (χ2v) is 7.15. The maximum absolute atomic E-state index is 12.6. The first-order valence-corrected chi connectivity index (χ1v) is 9.28. The summed E-state index contributed by atoms with van der Waals surface area (Å²) in [5, 5.41) is 0.648. The third-order valence-corrected chi connectivity index (χ3v) is 5.36. The number of aromatic nitrogens is 1. The molecule has 2 aromatic rings. The lowest BCUT2D eigenvalue weighted by atomic mass is 10.1. The molecule has 2 N–H and O–H groups in total. The summed E-state index contributed by atoms with van der Waals surface area (Å²) < 4.78 is 0. The van der Waals surface area contributed by atoms with Gasteiger partial charge in [0.2, 0.25) is 0 Å². The number of amides is 1. The number of rotatable bonds is 3. The summed E-state index contributed by atoms with van der Waals surface area (Å²) in [6.45, 7) is 3.19. The Labute approximate surface area is 158 Å². The van der Waals surface area contributed by atoms with Crippen molar-refractivity contribution in [2.45, 2.75) is 18.6 Å². The van der Waals surface area contributed by atoms with Crippen LogP contribution < -0.4 is 10.9 Å². The van der Waals surface area contributed by atoms with Crippen molar-refractivity contribution >= 4 is 17.5 Å². The number of nitrogens with zero attached hydrogens (tertiary/aromatic N) is 3. The lowest BCUT2D eigenvalue weighted by Crippen LogP contribution is -2.55. The molecule has 136 valence electrons. The largest absolute Gasteiger partial charge is 0.336 e. The Balaban J connectivity index is 1.31. The van der Waals surface area contributed by atoms with E-state index >= 15 is 0 Å². The number of carbonyl (C=O) groups excluding carboxylic acids is 1. The molecule has 0 radical (unpaired) electrons. The number of hydrogen-bond donors (Lipinski definition) is 2. The molecule has 4 rings (SSSR count). The monoisotopic (exact) mass is 371 g/mol. The first kappa shape index (κ1) is 17.4. The first-order valence-electron chi connectivity index (χ1n) is 8.90. The quantitative estimate of drug-likeness (QED) is 0.864. The summed E-state index contributed by atoms with van der Waals surface area (Å²) in [6.07, 6.45) is 4.95. The van der Waals surface area contributed by atoms with E-state index in [1.807, 2.05) is 17.2 Å². The molecule has 0 aliphatic carbocycles. The van der Waals surface area contributed by atoms with Crippen LogP contribution in [0.4, 0.5) is 0 Å². The maximum Gasteiger partial charge on any atom is 0.253 e. The molecule has 0 bridgehead atoms. The molecular weight excluding hydrogens is 350 g/mol. The molecule has 6 nitrogen and oxygen atoms in total. The zero-order valence-electron chi connectivity index (χ0n) is 14.4. The van der Waals surface area contributed by atoms with Crippen LogP contribution in [-0.2, 0) is 0 Å². The van der Waals surface area contributed by atoms with Gasteiger partial charge in [-0.1, -0.05) is 17.7 Å². The van der Waals surface area contributed by atoms with Gasteiger partial charge in [0.05, 0.1) is 12.2 Å². The molecule has 1 amide bonds. The van der Waals surface area contributed by atoms with Gasteiger partial charge in [-0.2, -0.15) is 0 Å². The Morgan fingerprint density at radius 1 is 1.08 bits per heavy atom. The molecule has 1 aromatic carbocycles. The average molecular weight is 372 g/mol. The van der Waals surface area contributed by atoms with E-state index in [4.69, 9.17) is 11.6 Å². The van der Waals surface area contributed by atoms with Gasteiger partial charge in [-0.15, -0.1) is 0 Å². The Kier molecular flexibility index (Phi) is 5.17. The van der Waals surface area contributed by atoms with E-state index in [1.165, 1.54) is 5.56 Å². The Hall–Kier alpha value is -1.99. The van der Waals surface area contributed by atoms with E-state index in [1.54, 1.807) is 30.5 Å². The van der Waals surface area contributed by atoms with Crippen molar-refractivity contribution in [2.75, 3.05) is 26.2 Å². The summed E-state index contributed by atoms with van der Waals surface area (Å²) in [4.78, 5) is 21.1. The highest BCUT2D eigenvalue weighted by molar-refractivity contribution is 6.30. The predicted molar refractivity (Wildman–Crippen MR) is 101 cm³/mol. The molecule has 3 heterocycles. The van der Waals surface area contributed by atoms with Crippen molar-refractivity contribution in [2.24, 2.45) is 0 Å². The number of piperazine rings is 1. The molecule has 2 saturated heterocycles. The molecular formula is C19H22ClN5O. The number of pyridine rings is 1. The van der Waals surface area contributed by atoms with Crippen LogP contribution in [0, 0.1) is 0 Å². The summed E-state index contributed by atoms with van der Waals surface area (Å²) in [5.41, 5.74) is 8.64. The fourth-order valence-electron chi connectivity index (χ4n) is 3.59. The van der Waals surface area contributed by atoms with E-state index in [0.717, 1.165) is 32.6 Å². The van der Waals surface area contributed by atoms with E-state index in [9.17, 15) is 4.79 Å². The number of hydrogen-bond acceptors (Lipinski definition) is 5. The van der Waals surface area contributed by atoms with Crippen LogP contribution in [0.5, 0.6) is 0 Å². The third kappa shape index (κ3) is 3.73. The Morgan fingerprint density at radius 2 is 1.85 bits per heavy atom. The number of carbonyl (C=O) groups is 1. The molecule has 2 fully saturated rings. The first-order chi connectivity index (χ1) is 12.7. The summed E-state index contributed by atoms with van der Waals surface area (Å²) in [5.74, 6) is 0.0760. The zero-order valence-corrected chi connectivity index (χ0v) is 15.2. The molecule has 0 saturated carbocycles. The van der Waals surface area contributed by atoms with Crippen molar-refractivity contribution in [3.05, 3.63) is 64.9 Å². The number of nitrogens with one attached hydrogen (secondary N) is 2. The van der Waals surface area contributed by atoms with Crippen LogP contribution in [0.1, 0.15) is 28.4 Å². The molecule has 2 aliphatic heterocycles. The number of benzene rings is 1. The third-order valence-electron chi connectivity index (χ3n) is 5.10. The summed E-state index contributed by atoms with van der Waals surface area (Å²) in [6, 6.07) is 11.4. The molecule has 2 unspecified atom stereocenters. The molecule has 1 aromatic heterocycles. The number of hydrazine groups is 1. The molecule has 7 heteroatoms. The van der Waals surface area contributed by atoms with Gasteiger partial charge in [-0.3, -0.25) is 14.7 Å². The van der Waals surface area contributed by atoms with Crippen molar-refractivity contribution in [1.82, 2.24) is 25.6 Å². The van der Waals surface area contributed by atoms with Gasteiger partial charge in [0, 0.05) is 49.2 Å². The minimum absolute atomic E-state index is 0.0760.